The van der Waals surface area contributed by atoms with Crippen molar-refractivity contribution in [2.24, 2.45) is 17.8 Å². The number of carbonyl (C=O) groups is 1. The molecule has 2 atom stereocenters. The van der Waals surface area contributed by atoms with Crippen molar-refractivity contribution in [3.05, 3.63) is 0 Å². The molecule has 0 aromatic carbocycles. The van der Waals surface area contributed by atoms with Crippen LogP contribution in [0.2, 0.25) is 0 Å². The van der Waals surface area contributed by atoms with Crippen LogP contribution in [0.1, 0.15) is 64.7 Å². The van der Waals surface area contributed by atoms with Gasteiger partial charge in [-0.05, 0) is 37.5 Å². The first-order valence-electron chi connectivity index (χ1n) is 6.78. The Labute approximate surface area is 93.6 Å². The highest BCUT2D eigenvalue weighted by molar-refractivity contribution is 5.81. The Hall–Kier alpha value is -0.330. The molecule has 86 valence electrons. The quantitative estimate of drug-likeness (QED) is 0.686. The molecule has 0 spiro atoms. The van der Waals surface area contributed by atoms with Gasteiger partial charge < -0.3 is 0 Å². The van der Waals surface area contributed by atoms with Crippen LogP contribution in [0.4, 0.5) is 0 Å². The molecule has 0 N–H and O–H groups in total. The zero-order valence-corrected chi connectivity index (χ0v) is 10.0. The van der Waals surface area contributed by atoms with E-state index in [1.54, 1.807) is 0 Å². The summed E-state index contributed by atoms with van der Waals surface area (Å²) in [7, 11) is 0. The second-order valence-electron chi connectivity index (χ2n) is 5.77. The van der Waals surface area contributed by atoms with Crippen molar-refractivity contribution in [3.8, 4) is 0 Å². The second kappa shape index (κ2) is 5.14. The Morgan fingerprint density at radius 2 is 1.87 bits per heavy atom. The third kappa shape index (κ3) is 3.06. The van der Waals surface area contributed by atoms with Crippen molar-refractivity contribution in [2.75, 3.05) is 0 Å². The van der Waals surface area contributed by atoms with E-state index in [0.29, 0.717) is 11.7 Å². The van der Waals surface area contributed by atoms with E-state index in [4.69, 9.17) is 0 Å². The molecular formula is C14H24O. The van der Waals surface area contributed by atoms with Crippen LogP contribution in [-0.2, 0) is 4.79 Å². The van der Waals surface area contributed by atoms with E-state index in [9.17, 15) is 4.79 Å². The van der Waals surface area contributed by atoms with Gasteiger partial charge in [-0.3, -0.25) is 4.79 Å². The minimum absolute atomic E-state index is 0.425. The van der Waals surface area contributed by atoms with Crippen LogP contribution in [0.15, 0.2) is 0 Å². The molecule has 15 heavy (non-hydrogen) atoms. The van der Waals surface area contributed by atoms with Gasteiger partial charge in [0.2, 0.25) is 0 Å². The average molecular weight is 208 g/mol. The number of ketones is 1. The van der Waals surface area contributed by atoms with E-state index in [1.807, 2.05) is 0 Å². The van der Waals surface area contributed by atoms with Gasteiger partial charge in [-0.2, -0.15) is 0 Å². The maximum Gasteiger partial charge on any atom is 0.135 e. The number of hydrogen-bond donors (Lipinski definition) is 0. The molecule has 2 aliphatic carbocycles. The summed E-state index contributed by atoms with van der Waals surface area (Å²) < 4.78 is 0. The lowest BCUT2D eigenvalue weighted by atomic mass is 9.78. The molecule has 0 saturated heterocycles. The van der Waals surface area contributed by atoms with Gasteiger partial charge >= 0.3 is 0 Å². The predicted octanol–water partition coefficient (Wildman–Crippen LogP) is 3.96. The first-order valence-corrected chi connectivity index (χ1v) is 6.78. The molecule has 2 unspecified atom stereocenters. The first-order chi connectivity index (χ1) is 7.25. The van der Waals surface area contributed by atoms with Crippen LogP contribution in [0.25, 0.3) is 0 Å². The van der Waals surface area contributed by atoms with Gasteiger partial charge in [-0.15, -0.1) is 0 Å². The minimum Gasteiger partial charge on any atom is -0.299 e. The second-order valence-corrected chi connectivity index (χ2v) is 5.77. The summed E-state index contributed by atoms with van der Waals surface area (Å²) in [6, 6.07) is 0. The van der Waals surface area contributed by atoms with Crippen LogP contribution in [0, 0.1) is 17.8 Å². The van der Waals surface area contributed by atoms with E-state index in [-0.39, 0.29) is 0 Å². The van der Waals surface area contributed by atoms with E-state index in [0.717, 1.165) is 24.7 Å². The highest BCUT2D eigenvalue weighted by atomic mass is 16.1. The third-order valence-corrected chi connectivity index (χ3v) is 4.42. The molecule has 1 nitrogen and oxygen atoms in total. The zero-order valence-electron chi connectivity index (χ0n) is 10.0. The Morgan fingerprint density at radius 1 is 1.13 bits per heavy atom. The molecule has 0 aromatic heterocycles. The van der Waals surface area contributed by atoms with E-state index < -0.39 is 0 Å². The Balaban J connectivity index is 1.74. The van der Waals surface area contributed by atoms with Gasteiger partial charge in [0.1, 0.15) is 5.78 Å². The average Bonchev–Trinajstić information content (AvgIpc) is 2.72. The monoisotopic (exact) mass is 208 g/mol. The summed E-state index contributed by atoms with van der Waals surface area (Å²) in [5, 5.41) is 0. The molecule has 0 radical (unpaired) electrons. The van der Waals surface area contributed by atoms with Gasteiger partial charge in [-0.1, -0.05) is 32.6 Å². The van der Waals surface area contributed by atoms with Crippen molar-refractivity contribution in [3.63, 3.8) is 0 Å². The van der Waals surface area contributed by atoms with Crippen molar-refractivity contribution in [1.82, 2.24) is 0 Å². The first kappa shape index (κ1) is 11.2. The molecule has 0 aromatic rings. The Kier molecular flexibility index (Phi) is 3.82. The van der Waals surface area contributed by atoms with Crippen molar-refractivity contribution in [2.45, 2.75) is 64.7 Å². The molecule has 1 heteroatoms. The summed E-state index contributed by atoms with van der Waals surface area (Å²) in [5.41, 5.74) is 0. The van der Waals surface area contributed by atoms with Crippen molar-refractivity contribution in [1.29, 1.82) is 0 Å². The SMILES string of the molecule is CC1CCC(=O)C(CCC2CCCC2)C1. The van der Waals surface area contributed by atoms with Gasteiger partial charge in [0.25, 0.3) is 0 Å². The highest BCUT2D eigenvalue weighted by Gasteiger charge is 2.27. The van der Waals surface area contributed by atoms with E-state index >= 15 is 0 Å². The normalized spacial score (nSPS) is 33.5. The van der Waals surface area contributed by atoms with Crippen LogP contribution < -0.4 is 0 Å². The Morgan fingerprint density at radius 3 is 2.60 bits per heavy atom. The standard InChI is InChI=1S/C14H24O/c1-11-6-9-14(15)13(10-11)8-7-12-4-2-3-5-12/h11-13H,2-10H2,1H3. The van der Waals surface area contributed by atoms with Crippen LogP contribution in [-0.4, -0.2) is 5.78 Å². The summed E-state index contributed by atoms with van der Waals surface area (Å²) in [6.45, 7) is 2.30. The number of rotatable bonds is 3. The molecule has 2 rings (SSSR count). The maximum absolute atomic E-state index is 11.7. The van der Waals surface area contributed by atoms with Crippen LogP contribution in [0.3, 0.4) is 0 Å². The lowest BCUT2D eigenvalue weighted by Gasteiger charge is -2.26. The molecule has 0 heterocycles. The van der Waals surface area contributed by atoms with E-state index in [1.165, 1.54) is 44.9 Å². The lowest BCUT2D eigenvalue weighted by molar-refractivity contribution is -0.125. The topological polar surface area (TPSA) is 17.1 Å². The predicted molar refractivity (Wildman–Crippen MR) is 62.7 cm³/mol. The Bertz CT molecular complexity index is 215. The fourth-order valence-electron chi connectivity index (χ4n) is 3.34. The fraction of sp³-hybridized carbons (Fsp3) is 0.929. The number of carbonyl (C=O) groups excluding carboxylic acids is 1. The van der Waals surface area contributed by atoms with Crippen LogP contribution in [0.5, 0.6) is 0 Å². The highest BCUT2D eigenvalue weighted by Crippen LogP contribution is 2.34. The van der Waals surface area contributed by atoms with Gasteiger partial charge in [0.05, 0.1) is 0 Å². The van der Waals surface area contributed by atoms with E-state index in [2.05, 4.69) is 6.92 Å². The summed E-state index contributed by atoms with van der Waals surface area (Å²) in [4.78, 5) is 11.7. The zero-order chi connectivity index (χ0) is 10.7. The van der Waals surface area contributed by atoms with Gasteiger partial charge in [-0.25, -0.2) is 0 Å². The molecule has 2 fully saturated rings. The smallest absolute Gasteiger partial charge is 0.135 e. The molecule has 0 amide bonds. The summed E-state index contributed by atoms with van der Waals surface area (Å²) >= 11 is 0. The maximum atomic E-state index is 11.7. The lowest BCUT2D eigenvalue weighted by Crippen LogP contribution is -2.24. The number of hydrogen-bond acceptors (Lipinski definition) is 1. The molecule has 0 aliphatic heterocycles. The molecule has 2 aliphatic rings. The van der Waals surface area contributed by atoms with Gasteiger partial charge in [0, 0.05) is 12.3 Å². The molecule has 2 saturated carbocycles. The molecular weight excluding hydrogens is 184 g/mol. The van der Waals surface area contributed by atoms with Crippen molar-refractivity contribution < 1.29 is 4.79 Å². The fourth-order valence-corrected chi connectivity index (χ4v) is 3.34. The minimum atomic E-state index is 0.425. The summed E-state index contributed by atoms with van der Waals surface area (Å²) in [5.74, 6) is 2.73. The van der Waals surface area contributed by atoms with Crippen molar-refractivity contribution >= 4 is 5.78 Å². The molecule has 0 bridgehead atoms. The third-order valence-electron chi connectivity index (χ3n) is 4.42. The number of Topliss-reactive ketones (excluding diaryl/α,β-unsaturated/α-hetero) is 1. The van der Waals surface area contributed by atoms with Gasteiger partial charge in [0.15, 0.2) is 0 Å². The summed E-state index contributed by atoms with van der Waals surface area (Å²) in [6.07, 6.45) is 11.4. The largest absolute Gasteiger partial charge is 0.299 e. The van der Waals surface area contributed by atoms with Crippen LogP contribution >= 0.6 is 0 Å².